The van der Waals surface area contributed by atoms with Crippen LogP contribution in [0.4, 0.5) is 0 Å². The first-order chi connectivity index (χ1) is 14.2. The number of hydrogen-bond acceptors (Lipinski definition) is 9. The summed E-state index contributed by atoms with van der Waals surface area (Å²) in [5.74, 6) is 0. The van der Waals surface area contributed by atoms with Gasteiger partial charge >= 0.3 is 23.5 Å². The highest BCUT2D eigenvalue weighted by atomic mass is 31.3. The van der Waals surface area contributed by atoms with Gasteiger partial charge in [0.1, 0.15) is 12.3 Å². The van der Waals surface area contributed by atoms with Gasteiger partial charge in [-0.15, -0.1) is 0 Å². The van der Waals surface area contributed by atoms with Gasteiger partial charge in [-0.3, -0.25) is 4.52 Å². The lowest BCUT2D eigenvalue weighted by molar-refractivity contribution is -0.0654. The van der Waals surface area contributed by atoms with Gasteiger partial charge in [0.2, 0.25) is 0 Å². The molecule has 0 aromatic heterocycles. The van der Waals surface area contributed by atoms with Gasteiger partial charge in [-0.1, -0.05) is 23.8 Å². The second-order valence-corrected chi connectivity index (χ2v) is 11.4. The minimum atomic E-state index is -5.60. The van der Waals surface area contributed by atoms with E-state index in [2.05, 4.69) is 13.1 Å². The number of rotatable bonds is 8. The zero-order valence-electron chi connectivity index (χ0n) is 16.1. The number of phosphoric ester groups is 1. The Hall–Kier alpha value is -0.910. The molecular weight excluding hydrogens is 479 g/mol. The Morgan fingerprint density at radius 1 is 1.13 bits per heavy atom. The van der Waals surface area contributed by atoms with Crippen LogP contribution in [-0.2, 0) is 38.1 Å². The summed E-state index contributed by atoms with van der Waals surface area (Å²) in [6.07, 6.45) is 1.17. The molecule has 13 nitrogen and oxygen atoms in total. The van der Waals surface area contributed by atoms with Crippen LogP contribution in [0.2, 0.25) is 0 Å². The summed E-state index contributed by atoms with van der Waals surface area (Å²) >= 11 is 0. The summed E-state index contributed by atoms with van der Waals surface area (Å²) in [6.45, 7) is 1.81. The highest BCUT2D eigenvalue weighted by Gasteiger charge is 2.43. The first kappa shape index (κ1) is 24.7. The third kappa shape index (κ3) is 7.03. The second-order valence-electron chi connectivity index (χ2n) is 7.01. The molecule has 1 fully saturated rings. The van der Waals surface area contributed by atoms with Crippen LogP contribution in [0.25, 0.3) is 6.08 Å². The molecule has 0 saturated carbocycles. The average molecular weight is 501 g/mol. The summed E-state index contributed by atoms with van der Waals surface area (Å²) in [7, 11) is -16.4. The van der Waals surface area contributed by atoms with Crippen molar-refractivity contribution in [2.45, 2.75) is 38.3 Å². The molecule has 2 aliphatic heterocycles. The van der Waals surface area contributed by atoms with E-state index in [0.29, 0.717) is 6.54 Å². The van der Waals surface area contributed by atoms with Crippen LogP contribution in [0.3, 0.4) is 0 Å². The molecule has 2 aliphatic rings. The third-order valence-corrected chi connectivity index (χ3v) is 8.29. The van der Waals surface area contributed by atoms with Gasteiger partial charge in [0, 0.05) is 19.2 Å². The quantitative estimate of drug-likeness (QED) is 0.323. The van der Waals surface area contributed by atoms with Crippen molar-refractivity contribution >= 4 is 29.5 Å². The molecule has 16 heteroatoms. The van der Waals surface area contributed by atoms with E-state index in [4.69, 9.17) is 19.4 Å². The monoisotopic (exact) mass is 501 g/mol. The van der Waals surface area contributed by atoms with Crippen molar-refractivity contribution in [1.29, 1.82) is 0 Å². The number of aliphatic hydroxyl groups is 1. The molecule has 0 aliphatic carbocycles. The van der Waals surface area contributed by atoms with Crippen LogP contribution in [-0.4, -0.2) is 54.6 Å². The van der Waals surface area contributed by atoms with Crippen molar-refractivity contribution in [3.05, 3.63) is 41.1 Å². The first-order valence-electron chi connectivity index (χ1n) is 8.88. The molecule has 0 amide bonds. The van der Waals surface area contributed by atoms with Crippen molar-refractivity contribution in [3.8, 4) is 0 Å². The number of hydrogen-bond donors (Lipinski definition) is 5. The number of aryl methyl sites for hydroxylation is 1. The third-order valence-electron chi connectivity index (χ3n) is 4.49. The van der Waals surface area contributed by atoms with Gasteiger partial charge < -0.3 is 34.3 Å². The summed E-state index contributed by atoms with van der Waals surface area (Å²) in [5, 5.41) is 10.2. The fourth-order valence-electron chi connectivity index (χ4n) is 3.18. The topological polar surface area (TPSA) is 193 Å². The maximum absolute atomic E-state index is 11.8. The van der Waals surface area contributed by atoms with Crippen LogP contribution in [0, 0.1) is 6.92 Å². The Balaban J connectivity index is 1.56. The van der Waals surface area contributed by atoms with E-state index in [0.717, 1.165) is 16.7 Å². The summed E-state index contributed by atoms with van der Waals surface area (Å²) in [6, 6.07) is 6.00. The number of nitrogens with zero attached hydrogens (tertiary/aromatic N) is 1. The van der Waals surface area contributed by atoms with Gasteiger partial charge in [-0.05, 0) is 24.1 Å². The number of aliphatic hydroxyl groups excluding tert-OH is 1. The molecule has 5 N–H and O–H groups in total. The average Bonchev–Trinajstić information content (AvgIpc) is 2.97. The smallest absolute Gasteiger partial charge is 0.390 e. The van der Waals surface area contributed by atoms with Crippen molar-refractivity contribution in [3.63, 3.8) is 0 Å². The molecule has 3 unspecified atom stereocenters. The van der Waals surface area contributed by atoms with Crippen LogP contribution in [0.1, 0.15) is 23.1 Å². The minimum absolute atomic E-state index is 0.163. The zero-order chi connectivity index (χ0) is 23.0. The van der Waals surface area contributed by atoms with Crippen molar-refractivity contribution < 1.29 is 56.3 Å². The largest absolute Gasteiger partial charge is 0.490 e. The van der Waals surface area contributed by atoms with Gasteiger partial charge in [-0.2, -0.15) is 8.62 Å². The van der Waals surface area contributed by atoms with Gasteiger partial charge in [0.05, 0.1) is 12.7 Å². The molecule has 0 spiro atoms. The molecule has 5 atom stereocenters. The molecule has 0 radical (unpaired) electrons. The van der Waals surface area contributed by atoms with E-state index in [1.54, 1.807) is 0 Å². The van der Waals surface area contributed by atoms with E-state index in [-0.39, 0.29) is 6.42 Å². The fraction of sp³-hybridized carbons (Fsp3) is 0.467. The first-order valence-corrected chi connectivity index (χ1v) is 13.4. The van der Waals surface area contributed by atoms with E-state index in [9.17, 15) is 23.7 Å². The van der Waals surface area contributed by atoms with Gasteiger partial charge in [0.25, 0.3) is 0 Å². The molecular formula is C15H22NO12P3. The Labute approximate surface area is 177 Å². The number of ether oxygens (including phenoxy) is 1. The maximum Gasteiger partial charge on any atom is 0.490 e. The van der Waals surface area contributed by atoms with E-state index in [1.807, 2.05) is 42.3 Å². The number of benzene rings is 1. The lowest BCUT2D eigenvalue weighted by Gasteiger charge is -2.30. The molecule has 174 valence electrons. The highest BCUT2D eigenvalue weighted by molar-refractivity contribution is 7.66. The lowest BCUT2D eigenvalue weighted by atomic mass is 10.0. The van der Waals surface area contributed by atoms with Crippen LogP contribution < -0.4 is 0 Å². The number of phosphoric acid groups is 3. The second kappa shape index (κ2) is 9.15. The Bertz CT molecular complexity index is 993. The molecule has 3 rings (SSSR count). The van der Waals surface area contributed by atoms with Crippen LogP contribution >= 0.6 is 23.5 Å². The van der Waals surface area contributed by atoms with Gasteiger partial charge in [-0.25, -0.2) is 13.7 Å². The predicted molar refractivity (Wildman–Crippen MR) is 105 cm³/mol. The molecule has 1 aromatic rings. The summed E-state index contributed by atoms with van der Waals surface area (Å²) < 4.78 is 51.3. The van der Waals surface area contributed by atoms with E-state index >= 15 is 0 Å². The molecule has 31 heavy (non-hydrogen) atoms. The maximum atomic E-state index is 11.8. The SMILES string of the molecule is Cc1ccc2c(c1)C=CN([C@H]1CC(O)[C@@H](COP(=O)(O)OP(=O)(O)OP(=O)(O)O)O1)C2. The standard InChI is InChI=1S/C15H22NO12P3/c1-10-2-3-12-8-16(5-4-11(12)6-10)15-7-13(17)14(26-15)9-25-30(21,22)28-31(23,24)27-29(18,19)20/h2-6,13-15,17H,7-9H2,1H3,(H,21,22)(H,23,24)(H2,18,19,20)/t13?,14-,15-/m1/s1. The van der Waals surface area contributed by atoms with E-state index in [1.165, 1.54) is 0 Å². The zero-order valence-corrected chi connectivity index (χ0v) is 18.8. The highest BCUT2D eigenvalue weighted by Crippen LogP contribution is 2.66. The Morgan fingerprint density at radius 3 is 2.52 bits per heavy atom. The minimum Gasteiger partial charge on any atom is -0.390 e. The van der Waals surface area contributed by atoms with Gasteiger partial charge in [0.15, 0.2) is 0 Å². The summed E-state index contributed by atoms with van der Waals surface area (Å²) in [4.78, 5) is 37.5. The van der Waals surface area contributed by atoms with Crippen LogP contribution in [0.15, 0.2) is 24.4 Å². The molecule has 1 saturated heterocycles. The van der Waals surface area contributed by atoms with Crippen molar-refractivity contribution in [1.82, 2.24) is 4.90 Å². The Kier molecular flexibility index (Phi) is 7.30. The lowest BCUT2D eigenvalue weighted by Crippen LogP contribution is -2.32. The molecule has 0 bridgehead atoms. The number of fused-ring (bicyclic) bond motifs is 1. The van der Waals surface area contributed by atoms with Crippen LogP contribution in [0.5, 0.6) is 0 Å². The Morgan fingerprint density at radius 2 is 1.84 bits per heavy atom. The fourth-order valence-corrected chi connectivity index (χ4v) is 6.21. The summed E-state index contributed by atoms with van der Waals surface area (Å²) in [5.41, 5.74) is 3.25. The molecule has 1 aromatic carbocycles. The predicted octanol–water partition coefficient (Wildman–Crippen LogP) is 1.60. The molecule has 2 heterocycles. The van der Waals surface area contributed by atoms with E-state index < -0.39 is 48.5 Å². The van der Waals surface area contributed by atoms with Crippen molar-refractivity contribution in [2.24, 2.45) is 0 Å². The van der Waals surface area contributed by atoms with Crippen molar-refractivity contribution in [2.75, 3.05) is 6.61 Å². The normalized spacial score (nSPS) is 27.5.